The summed E-state index contributed by atoms with van der Waals surface area (Å²) < 4.78 is 10.7. The molecule has 174 valence electrons. The number of hydrogen-bond donors (Lipinski definition) is 3. The van der Waals surface area contributed by atoms with E-state index in [1.54, 1.807) is 13.8 Å². The molecule has 0 saturated carbocycles. The molecule has 0 radical (unpaired) electrons. The number of ether oxygens (including phenoxy) is 2. The molecule has 33 heavy (non-hydrogen) atoms. The van der Waals surface area contributed by atoms with Crippen molar-refractivity contribution in [2.24, 2.45) is 0 Å². The van der Waals surface area contributed by atoms with E-state index < -0.39 is 35.7 Å². The minimum absolute atomic E-state index is 0.0863. The third-order valence-corrected chi connectivity index (χ3v) is 6.58. The highest BCUT2D eigenvalue weighted by Crippen LogP contribution is 2.44. The summed E-state index contributed by atoms with van der Waals surface area (Å²) in [4.78, 5) is 36.9. The molecule has 8 nitrogen and oxygen atoms in total. The molecule has 4 rings (SSSR count). The predicted octanol–water partition coefficient (Wildman–Crippen LogP) is 3.05. The van der Waals surface area contributed by atoms with E-state index in [1.165, 1.54) is 0 Å². The number of aliphatic carboxylic acids is 1. The van der Waals surface area contributed by atoms with Crippen molar-refractivity contribution in [3.63, 3.8) is 0 Å². The summed E-state index contributed by atoms with van der Waals surface area (Å²) in [5, 5.41) is 14.6. The summed E-state index contributed by atoms with van der Waals surface area (Å²) >= 11 is 0. The number of carboxylic acid groups (broad SMARTS) is 1. The highest BCUT2D eigenvalue weighted by molar-refractivity contribution is 5.90. The second-order valence-electron chi connectivity index (χ2n) is 8.63. The van der Waals surface area contributed by atoms with Crippen LogP contribution in [0.2, 0.25) is 0 Å². The summed E-state index contributed by atoms with van der Waals surface area (Å²) in [5.41, 5.74) is 3.21. The summed E-state index contributed by atoms with van der Waals surface area (Å²) in [5.74, 6) is -1.68. The van der Waals surface area contributed by atoms with Gasteiger partial charge in [0.25, 0.3) is 0 Å². The van der Waals surface area contributed by atoms with Gasteiger partial charge in [0.05, 0.1) is 6.04 Å². The maximum atomic E-state index is 12.9. The molecule has 2 aliphatic rings. The zero-order valence-electron chi connectivity index (χ0n) is 18.7. The van der Waals surface area contributed by atoms with Gasteiger partial charge in [0.15, 0.2) is 6.10 Å². The van der Waals surface area contributed by atoms with E-state index >= 15 is 0 Å². The van der Waals surface area contributed by atoms with Gasteiger partial charge < -0.3 is 25.2 Å². The van der Waals surface area contributed by atoms with Crippen LogP contribution < -0.4 is 10.6 Å². The molecule has 1 saturated heterocycles. The Bertz CT molecular complexity index is 1020. The molecule has 3 atom stereocenters. The lowest BCUT2D eigenvalue weighted by Gasteiger charge is -2.30. The molecule has 1 fully saturated rings. The normalized spacial score (nSPS) is 20.9. The zero-order chi connectivity index (χ0) is 23.6. The molecular weight excluding hydrogens is 424 g/mol. The number of carbonyl (C=O) groups is 3. The Labute approximate surface area is 192 Å². The lowest BCUT2D eigenvalue weighted by molar-refractivity contribution is -0.148. The second kappa shape index (κ2) is 9.23. The molecule has 8 heteroatoms. The van der Waals surface area contributed by atoms with Crippen LogP contribution in [0.5, 0.6) is 0 Å². The third-order valence-electron chi connectivity index (χ3n) is 6.58. The van der Waals surface area contributed by atoms with Crippen molar-refractivity contribution in [1.82, 2.24) is 10.6 Å². The third kappa shape index (κ3) is 4.43. The minimum atomic E-state index is -1.26. The van der Waals surface area contributed by atoms with Gasteiger partial charge in [0, 0.05) is 12.5 Å². The van der Waals surface area contributed by atoms with E-state index in [0.29, 0.717) is 12.8 Å². The fourth-order valence-corrected chi connectivity index (χ4v) is 4.47. The average molecular weight is 453 g/mol. The lowest BCUT2D eigenvalue weighted by Crippen LogP contribution is -2.59. The highest BCUT2D eigenvalue weighted by atomic mass is 16.5. The minimum Gasteiger partial charge on any atom is -0.479 e. The van der Waals surface area contributed by atoms with Gasteiger partial charge >= 0.3 is 12.1 Å². The molecule has 1 heterocycles. The molecule has 1 aliphatic heterocycles. The fraction of sp³-hybridized carbons (Fsp3) is 0.400. The molecule has 2 amide bonds. The predicted molar refractivity (Wildman–Crippen MR) is 121 cm³/mol. The second-order valence-corrected chi connectivity index (χ2v) is 8.63. The van der Waals surface area contributed by atoms with Crippen LogP contribution in [-0.4, -0.2) is 54.0 Å². The smallest absolute Gasteiger partial charge is 0.408 e. The van der Waals surface area contributed by atoms with Crippen molar-refractivity contribution in [1.29, 1.82) is 0 Å². The average Bonchev–Trinajstić information content (AvgIpc) is 3.40. The first-order chi connectivity index (χ1) is 15.8. The Morgan fingerprint density at radius 3 is 2.27 bits per heavy atom. The number of hydrogen-bond acceptors (Lipinski definition) is 5. The van der Waals surface area contributed by atoms with Crippen LogP contribution in [0.1, 0.15) is 43.7 Å². The van der Waals surface area contributed by atoms with E-state index in [2.05, 4.69) is 22.8 Å². The lowest BCUT2D eigenvalue weighted by atomic mass is 9.96. The Hall–Kier alpha value is -3.39. The van der Waals surface area contributed by atoms with E-state index in [9.17, 15) is 19.5 Å². The van der Waals surface area contributed by atoms with E-state index in [4.69, 9.17) is 9.47 Å². The summed E-state index contributed by atoms with van der Waals surface area (Å²) in [6.45, 7) is 3.75. The maximum absolute atomic E-state index is 12.9. The molecule has 0 aromatic heterocycles. The van der Waals surface area contributed by atoms with Gasteiger partial charge in [-0.25, -0.2) is 9.59 Å². The fourth-order valence-electron chi connectivity index (χ4n) is 4.47. The van der Waals surface area contributed by atoms with Crippen LogP contribution in [0, 0.1) is 0 Å². The maximum Gasteiger partial charge on any atom is 0.408 e. The Kier molecular flexibility index (Phi) is 6.37. The van der Waals surface area contributed by atoms with Crippen molar-refractivity contribution in [2.75, 3.05) is 13.2 Å². The number of nitrogens with one attached hydrogen (secondary N) is 2. The van der Waals surface area contributed by atoms with Crippen molar-refractivity contribution >= 4 is 18.0 Å². The first-order valence-electron chi connectivity index (χ1n) is 11.1. The molecule has 3 unspecified atom stereocenters. The Morgan fingerprint density at radius 1 is 1.09 bits per heavy atom. The summed E-state index contributed by atoms with van der Waals surface area (Å²) in [6.07, 6.45) is -1.10. The van der Waals surface area contributed by atoms with Gasteiger partial charge in [-0.05, 0) is 42.0 Å². The first-order valence-corrected chi connectivity index (χ1v) is 11.1. The quantitative estimate of drug-likeness (QED) is 0.595. The van der Waals surface area contributed by atoms with Gasteiger partial charge in [0.1, 0.15) is 12.1 Å². The zero-order valence-corrected chi connectivity index (χ0v) is 18.7. The number of rotatable bonds is 7. The van der Waals surface area contributed by atoms with Crippen LogP contribution in [0.4, 0.5) is 4.79 Å². The number of carboxylic acids is 1. The van der Waals surface area contributed by atoms with Gasteiger partial charge in [-0.1, -0.05) is 55.5 Å². The summed E-state index contributed by atoms with van der Waals surface area (Å²) in [7, 11) is 0. The number of benzene rings is 2. The van der Waals surface area contributed by atoms with E-state index in [0.717, 1.165) is 22.3 Å². The largest absolute Gasteiger partial charge is 0.479 e. The van der Waals surface area contributed by atoms with Crippen LogP contribution >= 0.6 is 0 Å². The van der Waals surface area contributed by atoms with Gasteiger partial charge in [0.2, 0.25) is 5.91 Å². The van der Waals surface area contributed by atoms with Crippen LogP contribution in [0.25, 0.3) is 11.1 Å². The van der Waals surface area contributed by atoms with Crippen molar-refractivity contribution in [3.05, 3.63) is 59.7 Å². The molecule has 1 aliphatic carbocycles. The number of alkyl carbamates (subject to hydrolysis) is 1. The monoisotopic (exact) mass is 452 g/mol. The van der Waals surface area contributed by atoms with Gasteiger partial charge in [-0.2, -0.15) is 0 Å². The number of fused-ring (bicyclic) bond motifs is 3. The number of carbonyl (C=O) groups excluding carboxylic acids is 2. The topological polar surface area (TPSA) is 114 Å². The molecule has 0 bridgehead atoms. The van der Waals surface area contributed by atoms with Crippen LogP contribution in [-0.2, 0) is 19.1 Å². The van der Waals surface area contributed by atoms with Crippen LogP contribution in [0.15, 0.2) is 48.5 Å². The summed E-state index contributed by atoms with van der Waals surface area (Å²) in [6, 6.07) is 15.4. The van der Waals surface area contributed by atoms with Gasteiger partial charge in [-0.3, -0.25) is 4.79 Å². The highest BCUT2D eigenvalue weighted by Gasteiger charge is 2.40. The molecule has 3 N–H and O–H groups in total. The molecule has 2 aromatic rings. The first kappa shape index (κ1) is 22.8. The van der Waals surface area contributed by atoms with Crippen LogP contribution in [0.3, 0.4) is 0 Å². The Morgan fingerprint density at radius 2 is 1.70 bits per heavy atom. The standard InChI is InChI=1S/C25H28N2O6/c1-3-25(2,23(30)26-20-12-13-32-21(20)22(28)29)27-24(31)33-14-19-17-10-6-4-8-15(17)16-9-5-7-11-18(16)19/h4-11,19-21H,3,12-14H2,1-2H3,(H,26,30)(H,27,31)(H,28,29). The van der Waals surface area contributed by atoms with Gasteiger partial charge in [-0.15, -0.1) is 0 Å². The molecular formula is C25H28N2O6. The van der Waals surface area contributed by atoms with Crippen molar-refractivity contribution < 1.29 is 29.0 Å². The number of amides is 2. The Balaban J connectivity index is 1.40. The van der Waals surface area contributed by atoms with E-state index in [1.807, 2.05) is 36.4 Å². The van der Waals surface area contributed by atoms with Crippen molar-refractivity contribution in [2.45, 2.75) is 50.3 Å². The molecule has 2 aromatic carbocycles. The van der Waals surface area contributed by atoms with Crippen molar-refractivity contribution in [3.8, 4) is 11.1 Å². The molecule has 0 spiro atoms. The van der Waals surface area contributed by atoms with E-state index in [-0.39, 0.29) is 19.1 Å². The SMILES string of the molecule is CCC(C)(NC(=O)OCC1c2ccccc2-c2ccccc21)C(=O)NC1CCOC1C(=O)O.